The van der Waals surface area contributed by atoms with E-state index in [-0.39, 0.29) is 0 Å². The number of benzene rings is 1. The molecule has 7 heteroatoms. The number of para-hydroxylation sites is 2. The van der Waals surface area contributed by atoms with E-state index in [2.05, 4.69) is 70.0 Å². The lowest BCUT2D eigenvalue weighted by Gasteiger charge is -2.24. The first-order chi connectivity index (χ1) is 14.7. The Balaban J connectivity index is 1.39. The van der Waals surface area contributed by atoms with Crippen LogP contribution in [0.1, 0.15) is 42.2 Å². The van der Waals surface area contributed by atoms with E-state index in [1.807, 2.05) is 12.3 Å². The largest absolute Gasteiger partial charge is 0.327 e. The molecule has 0 unspecified atom stereocenters. The lowest BCUT2D eigenvalue weighted by atomic mass is 10.1. The van der Waals surface area contributed by atoms with Gasteiger partial charge >= 0.3 is 0 Å². The van der Waals surface area contributed by atoms with Crippen molar-refractivity contribution in [2.24, 2.45) is 0 Å². The minimum Gasteiger partial charge on any atom is -0.327 e. The van der Waals surface area contributed by atoms with Crippen molar-refractivity contribution < 1.29 is 0 Å². The van der Waals surface area contributed by atoms with E-state index in [9.17, 15) is 0 Å². The molecule has 154 valence electrons. The molecule has 5 rings (SSSR count). The number of imidazole rings is 1. The minimum absolute atomic E-state index is 0.315. The molecule has 1 aliphatic heterocycles. The number of pyridine rings is 1. The summed E-state index contributed by atoms with van der Waals surface area (Å²) in [4.78, 5) is 18.0. The molecule has 4 heterocycles. The summed E-state index contributed by atoms with van der Waals surface area (Å²) < 4.78 is 2.33. The zero-order valence-corrected chi connectivity index (χ0v) is 18.2. The predicted octanol–water partition coefficient (Wildman–Crippen LogP) is 5.30. The second-order valence-corrected chi connectivity index (χ2v) is 8.97. The zero-order valence-electron chi connectivity index (χ0n) is 17.4. The molecule has 0 saturated carbocycles. The van der Waals surface area contributed by atoms with Crippen LogP contribution in [0.25, 0.3) is 11.0 Å². The van der Waals surface area contributed by atoms with Gasteiger partial charge in [-0.15, -0.1) is 11.3 Å². The van der Waals surface area contributed by atoms with E-state index in [0.717, 1.165) is 54.0 Å². The number of hydrogen-bond donors (Lipinski definition) is 1. The molecule has 1 saturated heterocycles. The Hall–Kier alpha value is -2.77. The van der Waals surface area contributed by atoms with Crippen LogP contribution in [0.15, 0.2) is 48.7 Å². The summed E-state index contributed by atoms with van der Waals surface area (Å²) in [5, 5.41) is 4.24. The molecule has 1 N–H and O–H groups in total. The number of fused-ring (bicyclic) bond motifs is 1. The Labute approximate surface area is 180 Å². The molecule has 0 aliphatic carbocycles. The van der Waals surface area contributed by atoms with Gasteiger partial charge in [-0.25, -0.2) is 15.0 Å². The van der Waals surface area contributed by atoms with E-state index in [1.165, 1.54) is 16.8 Å². The molecular formula is C23H26N6S. The van der Waals surface area contributed by atoms with Crippen molar-refractivity contribution in [3.8, 4) is 0 Å². The van der Waals surface area contributed by atoms with Crippen molar-refractivity contribution in [1.29, 1.82) is 0 Å². The Morgan fingerprint density at radius 1 is 1.13 bits per heavy atom. The van der Waals surface area contributed by atoms with Crippen LogP contribution in [0.3, 0.4) is 0 Å². The third-order valence-corrected chi connectivity index (χ3v) is 6.55. The van der Waals surface area contributed by atoms with Gasteiger partial charge in [0.1, 0.15) is 11.6 Å². The van der Waals surface area contributed by atoms with Crippen molar-refractivity contribution >= 4 is 33.3 Å². The summed E-state index contributed by atoms with van der Waals surface area (Å²) in [6.45, 7) is 7.10. The van der Waals surface area contributed by atoms with E-state index < -0.39 is 0 Å². The van der Waals surface area contributed by atoms with Crippen LogP contribution < -0.4 is 5.32 Å². The number of aromatic nitrogens is 4. The highest BCUT2D eigenvalue weighted by molar-refractivity contribution is 7.15. The van der Waals surface area contributed by atoms with Crippen molar-refractivity contribution in [3.63, 3.8) is 0 Å². The summed E-state index contributed by atoms with van der Waals surface area (Å²) in [7, 11) is 0. The second-order valence-electron chi connectivity index (χ2n) is 7.74. The predicted molar refractivity (Wildman–Crippen MR) is 122 cm³/mol. The number of thiazole rings is 1. The maximum Gasteiger partial charge on any atom is 0.188 e. The fourth-order valence-electron chi connectivity index (χ4n) is 4.36. The number of rotatable bonds is 6. The van der Waals surface area contributed by atoms with Crippen LogP contribution in [0, 0.1) is 6.92 Å². The van der Waals surface area contributed by atoms with E-state index >= 15 is 0 Å². The highest BCUT2D eigenvalue weighted by Crippen LogP contribution is 2.33. The third kappa shape index (κ3) is 3.70. The van der Waals surface area contributed by atoms with Gasteiger partial charge in [-0.2, -0.15) is 0 Å². The number of aryl methyl sites for hydroxylation is 2. The topological polar surface area (TPSA) is 58.9 Å². The van der Waals surface area contributed by atoms with Gasteiger partial charge in [0.25, 0.3) is 0 Å². The molecule has 30 heavy (non-hydrogen) atoms. The number of nitrogens with zero attached hydrogens (tertiary/aromatic N) is 5. The van der Waals surface area contributed by atoms with Gasteiger partial charge in [-0.05, 0) is 57.5 Å². The normalized spacial score (nSPS) is 17.1. The van der Waals surface area contributed by atoms with Gasteiger partial charge in [-0.1, -0.05) is 18.2 Å². The van der Waals surface area contributed by atoms with Crippen LogP contribution in [0.4, 0.5) is 10.9 Å². The summed E-state index contributed by atoms with van der Waals surface area (Å²) in [6.07, 6.45) is 4.19. The number of hydrogen-bond acceptors (Lipinski definition) is 6. The molecular weight excluding hydrogens is 392 g/mol. The molecule has 1 atom stereocenters. The van der Waals surface area contributed by atoms with Gasteiger partial charge in [0.15, 0.2) is 5.13 Å². The minimum atomic E-state index is 0.315. The van der Waals surface area contributed by atoms with Crippen LogP contribution in [0.5, 0.6) is 0 Å². The van der Waals surface area contributed by atoms with E-state index in [4.69, 9.17) is 9.97 Å². The average molecular weight is 419 g/mol. The highest BCUT2D eigenvalue weighted by Gasteiger charge is 2.28. The van der Waals surface area contributed by atoms with E-state index in [0.29, 0.717) is 6.04 Å². The van der Waals surface area contributed by atoms with Crippen molar-refractivity contribution in [1.82, 2.24) is 24.4 Å². The molecule has 0 amide bonds. The highest BCUT2D eigenvalue weighted by atomic mass is 32.1. The quantitative estimate of drug-likeness (QED) is 0.461. The van der Waals surface area contributed by atoms with Gasteiger partial charge in [-0.3, -0.25) is 4.90 Å². The van der Waals surface area contributed by atoms with Crippen LogP contribution in [-0.2, 0) is 13.1 Å². The smallest absolute Gasteiger partial charge is 0.188 e. The Morgan fingerprint density at radius 2 is 2.03 bits per heavy atom. The maximum absolute atomic E-state index is 4.93. The number of anilines is 2. The van der Waals surface area contributed by atoms with Crippen molar-refractivity contribution in [2.45, 2.75) is 45.8 Å². The van der Waals surface area contributed by atoms with E-state index in [1.54, 1.807) is 11.3 Å². The van der Waals surface area contributed by atoms with Gasteiger partial charge in [0.05, 0.1) is 29.3 Å². The van der Waals surface area contributed by atoms with Crippen LogP contribution in [0.2, 0.25) is 0 Å². The Kier molecular flexibility index (Phi) is 5.23. The first-order valence-corrected chi connectivity index (χ1v) is 11.4. The van der Waals surface area contributed by atoms with Crippen molar-refractivity contribution in [3.05, 3.63) is 65.1 Å². The molecule has 1 fully saturated rings. The summed E-state index contributed by atoms with van der Waals surface area (Å²) in [5.74, 6) is 1.99. The van der Waals surface area contributed by atoms with Gasteiger partial charge < -0.3 is 9.88 Å². The first kappa shape index (κ1) is 19.2. The zero-order chi connectivity index (χ0) is 20.5. The van der Waals surface area contributed by atoms with Gasteiger partial charge in [0.2, 0.25) is 0 Å². The first-order valence-electron chi connectivity index (χ1n) is 10.6. The average Bonchev–Trinajstić information content (AvgIpc) is 3.47. The maximum atomic E-state index is 4.93. The lowest BCUT2D eigenvalue weighted by Crippen LogP contribution is -2.25. The van der Waals surface area contributed by atoms with Crippen LogP contribution in [-0.4, -0.2) is 31.0 Å². The monoisotopic (exact) mass is 418 g/mol. The number of nitrogens with one attached hydrogen (secondary N) is 1. The Bertz CT molecular complexity index is 1160. The van der Waals surface area contributed by atoms with Gasteiger partial charge in [0, 0.05) is 17.6 Å². The summed E-state index contributed by atoms with van der Waals surface area (Å²) >= 11 is 1.65. The fraction of sp³-hybridized carbons (Fsp3) is 0.348. The summed E-state index contributed by atoms with van der Waals surface area (Å²) in [6, 6.07) is 15.0. The number of likely N-dealkylation sites (tertiary alicyclic amines) is 1. The third-order valence-electron chi connectivity index (χ3n) is 5.73. The molecule has 3 aromatic heterocycles. The molecule has 0 radical (unpaired) electrons. The molecule has 1 aliphatic rings. The lowest BCUT2D eigenvalue weighted by molar-refractivity contribution is 0.235. The summed E-state index contributed by atoms with van der Waals surface area (Å²) in [5.41, 5.74) is 3.41. The Morgan fingerprint density at radius 3 is 2.87 bits per heavy atom. The molecule has 1 aromatic carbocycles. The second kappa shape index (κ2) is 8.16. The van der Waals surface area contributed by atoms with Crippen molar-refractivity contribution in [2.75, 3.05) is 11.9 Å². The SMILES string of the molecule is CCn1c(CN2CCC[C@@H]2c2cccc(Nc3ncc(C)s3)n2)nc2ccccc21. The molecule has 0 spiro atoms. The molecule has 6 nitrogen and oxygen atoms in total. The fourth-order valence-corrected chi connectivity index (χ4v) is 5.03. The molecule has 4 aromatic rings. The standard InChI is InChI=1S/C23H26N6S/c1-3-29-20-10-5-4-8-18(20)26-22(29)15-28-13-7-11-19(28)17-9-6-12-21(25-17)27-23-24-14-16(2)30-23/h4-6,8-10,12,14,19H,3,7,11,13,15H2,1-2H3,(H,24,25,27)/t19-/m1/s1. The van der Waals surface area contributed by atoms with Crippen LogP contribution >= 0.6 is 11.3 Å². The molecule has 0 bridgehead atoms.